The third-order valence-corrected chi connectivity index (χ3v) is 5.32. The Bertz CT molecular complexity index is 833. The molecular formula is C17H16O3S. The van der Waals surface area contributed by atoms with Crippen LogP contribution in [-0.2, 0) is 9.84 Å². The van der Waals surface area contributed by atoms with Gasteiger partial charge >= 0.3 is 0 Å². The van der Waals surface area contributed by atoms with E-state index in [0.717, 1.165) is 22.4 Å². The van der Waals surface area contributed by atoms with Crippen LogP contribution in [0.2, 0.25) is 0 Å². The van der Waals surface area contributed by atoms with E-state index in [1.165, 1.54) is 5.41 Å². The minimum Gasteiger partial charge on any atom is -0.489 e. The van der Waals surface area contributed by atoms with Gasteiger partial charge in [0.1, 0.15) is 12.4 Å². The lowest BCUT2D eigenvalue weighted by atomic mass is 10.1. The molecule has 0 aromatic heterocycles. The average Bonchev–Trinajstić information content (AvgIpc) is 2.70. The summed E-state index contributed by atoms with van der Waals surface area (Å²) in [7, 11) is -3.34. The van der Waals surface area contributed by atoms with Gasteiger partial charge in [0.15, 0.2) is 0 Å². The number of hydrogen-bond donors (Lipinski definition) is 0. The highest BCUT2D eigenvalue weighted by atomic mass is 32.2. The second-order valence-electron chi connectivity index (χ2n) is 5.19. The predicted molar refractivity (Wildman–Crippen MR) is 83.0 cm³/mol. The van der Waals surface area contributed by atoms with Gasteiger partial charge in [-0.15, -0.1) is 0 Å². The molecule has 1 heterocycles. The van der Waals surface area contributed by atoms with E-state index in [4.69, 9.17) is 4.74 Å². The minimum absolute atomic E-state index is 0.251. The summed E-state index contributed by atoms with van der Waals surface area (Å²) >= 11 is 0. The molecule has 0 unspecified atom stereocenters. The first-order valence-electron chi connectivity index (χ1n) is 6.73. The number of benzene rings is 2. The maximum atomic E-state index is 12.2. The molecule has 0 bridgehead atoms. The van der Waals surface area contributed by atoms with Crippen LogP contribution in [0.25, 0.3) is 5.57 Å². The van der Waals surface area contributed by atoms with Crippen LogP contribution in [0.15, 0.2) is 52.8 Å². The van der Waals surface area contributed by atoms with Gasteiger partial charge in [-0.3, -0.25) is 0 Å². The van der Waals surface area contributed by atoms with Crippen molar-refractivity contribution in [2.24, 2.45) is 0 Å². The zero-order chi connectivity index (χ0) is 15.0. The lowest BCUT2D eigenvalue weighted by molar-refractivity contribution is 0.367. The van der Waals surface area contributed by atoms with Crippen LogP contribution in [0.1, 0.15) is 16.7 Å². The molecule has 108 valence electrons. The van der Waals surface area contributed by atoms with Crippen molar-refractivity contribution in [1.82, 2.24) is 0 Å². The molecule has 21 heavy (non-hydrogen) atoms. The molecule has 0 saturated carbocycles. The smallest absolute Gasteiger partial charge is 0.201 e. The topological polar surface area (TPSA) is 43.4 Å². The highest BCUT2D eigenvalue weighted by molar-refractivity contribution is 7.95. The van der Waals surface area contributed by atoms with Crippen LogP contribution in [-0.4, -0.2) is 15.0 Å². The molecule has 0 aliphatic carbocycles. The quantitative estimate of drug-likeness (QED) is 0.871. The van der Waals surface area contributed by atoms with Crippen molar-refractivity contribution in [2.75, 3.05) is 6.61 Å². The first-order chi connectivity index (χ1) is 9.99. The molecular weight excluding hydrogens is 284 g/mol. The molecule has 2 aromatic carbocycles. The summed E-state index contributed by atoms with van der Waals surface area (Å²) in [6, 6.07) is 13.2. The van der Waals surface area contributed by atoms with Gasteiger partial charge in [0.05, 0.1) is 4.90 Å². The maximum Gasteiger partial charge on any atom is 0.201 e. The molecule has 1 aliphatic rings. The Labute approximate surface area is 124 Å². The number of para-hydroxylation sites is 1. The first kappa shape index (κ1) is 13.9. The lowest BCUT2D eigenvalue weighted by Crippen LogP contribution is -2.01. The van der Waals surface area contributed by atoms with Gasteiger partial charge in [-0.2, -0.15) is 0 Å². The summed E-state index contributed by atoms with van der Waals surface area (Å²) in [5.74, 6) is 0.775. The maximum absolute atomic E-state index is 12.2. The fourth-order valence-corrected chi connectivity index (χ4v) is 4.29. The van der Waals surface area contributed by atoms with Crippen LogP contribution in [0.3, 0.4) is 0 Å². The van der Waals surface area contributed by atoms with Crippen molar-refractivity contribution >= 4 is 15.4 Å². The van der Waals surface area contributed by atoms with Gasteiger partial charge in [-0.05, 0) is 31.0 Å². The SMILES string of the molecule is Cc1ccccc1OCC1=CS(=O)(=O)c2c(C)cccc21. The second-order valence-corrected chi connectivity index (χ2v) is 6.93. The van der Waals surface area contributed by atoms with E-state index < -0.39 is 9.84 Å². The molecule has 3 rings (SSSR count). The third-order valence-electron chi connectivity index (χ3n) is 3.62. The van der Waals surface area contributed by atoms with E-state index in [0.29, 0.717) is 10.5 Å². The normalized spacial score (nSPS) is 15.4. The van der Waals surface area contributed by atoms with Gasteiger partial charge in [-0.1, -0.05) is 36.4 Å². The van der Waals surface area contributed by atoms with Crippen molar-refractivity contribution < 1.29 is 13.2 Å². The number of rotatable bonds is 3. The summed E-state index contributed by atoms with van der Waals surface area (Å²) in [6.07, 6.45) is 0. The Morgan fingerprint density at radius 1 is 0.952 bits per heavy atom. The zero-order valence-corrected chi connectivity index (χ0v) is 12.8. The molecule has 4 heteroatoms. The molecule has 1 aliphatic heterocycles. The molecule has 0 N–H and O–H groups in total. The van der Waals surface area contributed by atoms with E-state index in [2.05, 4.69) is 0 Å². The molecule has 0 saturated heterocycles. The number of sulfone groups is 1. The zero-order valence-electron chi connectivity index (χ0n) is 12.0. The molecule has 3 nitrogen and oxygen atoms in total. The second kappa shape index (κ2) is 5.04. The van der Waals surface area contributed by atoms with E-state index in [9.17, 15) is 8.42 Å². The van der Waals surface area contributed by atoms with Gasteiger partial charge in [0.25, 0.3) is 0 Å². The summed E-state index contributed by atoms with van der Waals surface area (Å²) in [5.41, 5.74) is 3.26. The monoisotopic (exact) mass is 300 g/mol. The fraction of sp³-hybridized carbons (Fsp3) is 0.176. The van der Waals surface area contributed by atoms with Crippen LogP contribution in [0, 0.1) is 13.8 Å². The van der Waals surface area contributed by atoms with Crippen LogP contribution < -0.4 is 4.74 Å². The molecule has 0 fully saturated rings. The van der Waals surface area contributed by atoms with Crippen molar-refractivity contribution in [2.45, 2.75) is 18.7 Å². The Balaban J connectivity index is 1.92. The first-order valence-corrected chi connectivity index (χ1v) is 8.28. The van der Waals surface area contributed by atoms with Crippen molar-refractivity contribution in [1.29, 1.82) is 0 Å². The van der Waals surface area contributed by atoms with E-state index >= 15 is 0 Å². The van der Waals surface area contributed by atoms with Gasteiger partial charge in [0.2, 0.25) is 9.84 Å². The standard InChI is InChI=1S/C17H16O3S/c1-12-6-3-4-9-16(12)20-10-14-11-21(18,19)17-13(2)7-5-8-15(14)17/h3-9,11H,10H2,1-2H3. The average molecular weight is 300 g/mol. The van der Waals surface area contributed by atoms with Crippen LogP contribution >= 0.6 is 0 Å². The van der Waals surface area contributed by atoms with Crippen LogP contribution in [0.4, 0.5) is 0 Å². The fourth-order valence-electron chi connectivity index (χ4n) is 2.58. The lowest BCUT2D eigenvalue weighted by Gasteiger charge is -2.10. The van der Waals surface area contributed by atoms with E-state index in [-0.39, 0.29) is 6.61 Å². The summed E-state index contributed by atoms with van der Waals surface area (Å²) in [6.45, 7) is 4.03. The third kappa shape index (κ3) is 2.47. The largest absolute Gasteiger partial charge is 0.489 e. The Hall–Kier alpha value is -2.07. The molecule has 0 atom stereocenters. The van der Waals surface area contributed by atoms with Gasteiger partial charge in [0, 0.05) is 16.5 Å². The van der Waals surface area contributed by atoms with Crippen molar-refractivity contribution in [3.8, 4) is 5.75 Å². The Morgan fingerprint density at radius 3 is 2.43 bits per heavy atom. The van der Waals surface area contributed by atoms with E-state index in [1.54, 1.807) is 0 Å². The highest BCUT2D eigenvalue weighted by Gasteiger charge is 2.28. The Morgan fingerprint density at radius 2 is 1.67 bits per heavy atom. The number of hydrogen-bond acceptors (Lipinski definition) is 3. The summed E-state index contributed by atoms with van der Waals surface area (Å²) < 4.78 is 30.2. The number of fused-ring (bicyclic) bond motifs is 1. The summed E-state index contributed by atoms with van der Waals surface area (Å²) in [5, 5.41) is 1.32. The molecule has 2 aromatic rings. The predicted octanol–water partition coefficient (Wildman–Crippen LogP) is 3.51. The van der Waals surface area contributed by atoms with Gasteiger partial charge < -0.3 is 4.74 Å². The Kier molecular flexibility index (Phi) is 3.33. The van der Waals surface area contributed by atoms with Gasteiger partial charge in [-0.25, -0.2) is 8.42 Å². The van der Waals surface area contributed by atoms with Crippen LogP contribution in [0.5, 0.6) is 5.75 Å². The summed E-state index contributed by atoms with van der Waals surface area (Å²) in [4.78, 5) is 0.411. The van der Waals surface area contributed by atoms with E-state index in [1.807, 2.05) is 56.3 Å². The molecule has 0 radical (unpaired) electrons. The highest BCUT2D eigenvalue weighted by Crippen LogP contribution is 2.35. The molecule has 0 amide bonds. The minimum atomic E-state index is -3.34. The number of ether oxygens (including phenoxy) is 1. The molecule has 0 spiro atoms. The van der Waals surface area contributed by atoms with Crippen molar-refractivity contribution in [3.63, 3.8) is 0 Å². The van der Waals surface area contributed by atoms with Crippen molar-refractivity contribution in [3.05, 3.63) is 64.6 Å². The number of aryl methyl sites for hydroxylation is 2.